The van der Waals surface area contributed by atoms with Crippen LogP contribution in [0.4, 0.5) is 5.69 Å². The van der Waals surface area contributed by atoms with Crippen LogP contribution < -0.4 is 5.32 Å². The summed E-state index contributed by atoms with van der Waals surface area (Å²) in [6.07, 6.45) is 3.61. The van der Waals surface area contributed by atoms with Crippen LogP contribution in [0.5, 0.6) is 0 Å². The molecular formula is C16H18N6OS. The summed E-state index contributed by atoms with van der Waals surface area (Å²) in [5.41, 5.74) is 2.52. The Morgan fingerprint density at radius 1 is 1.46 bits per heavy atom. The summed E-state index contributed by atoms with van der Waals surface area (Å²) in [5.74, 6) is 0.120. The van der Waals surface area contributed by atoms with Crippen molar-refractivity contribution >= 4 is 28.6 Å². The number of hydrogen-bond acceptors (Lipinski definition) is 6. The summed E-state index contributed by atoms with van der Waals surface area (Å²) in [7, 11) is 0. The molecule has 0 aromatic carbocycles. The quantitative estimate of drug-likeness (QED) is 0.790. The molecule has 124 valence electrons. The van der Waals surface area contributed by atoms with Crippen molar-refractivity contribution in [2.45, 2.75) is 25.8 Å². The molecule has 7 nitrogen and oxygen atoms in total. The minimum Gasteiger partial charge on any atom is -0.377 e. The van der Waals surface area contributed by atoms with Crippen LogP contribution in [0, 0.1) is 6.92 Å². The molecule has 1 N–H and O–H groups in total. The van der Waals surface area contributed by atoms with Crippen molar-refractivity contribution in [2.75, 3.05) is 18.4 Å². The van der Waals surface area contributed by atoms with Gasteiger partial charge in [-0.3, -0.25) is 4.79 Å². The number of piperidine rings is 1. The molecule has 1 fully saturated rings. The molecule has 0 spiro atoms. The van der Waals surface area contributed by atoms with Gasteiger partial charge in [0.15, 0.2) is 0 Å². The molecule has 1 atom stereocenters. The maximum absolute atomic E-state index is 12.6. The highest BCUT2D eigenvalue weighted by molar-refractivity contribution is 7.12. The van der Waals surface area contributed by atoms with Gasteiger partial charge in [-0.2, -0.15) is 9.61 Å². The number of aryl methyl sites for hydroxylation is 1. The van der Waals surface area contributed by atoms with Gasteiger partial charge in [0.2, 0.25) is 5.65 Å². The molecule has 3 aromatic rings. The maximum atomic E-state index is 12.6. The zero-order valence-corrected chi connectivity index (χ0v) is 14.2. The lowest BCUT2D eigenvalue weighted by atomic mass is 10.1. The molecule has 4 heterocycles. The molecule has 0 aliphatic carbocycles. The van der Waals surface area contributed by atoms with Crippen LogP contribution in [-0.4, -0.2) is 49.7 Å². The summed E-state index contributed by atoms with van der Waals surface area (Å²) in [6, 6.07) is 5.98. The summed E-state index contributed by atoms with van der Waals surface area (Å²) in [6.45, 7) is 3.45. The number of carbonyl (C=O) groups is 1. The smallest absolute Gasteiger partial charge is 0.263 e. The van der Waals surface area contributed by atoms with Crippen molar-refractivity contribution in [1.82, 2.24) is 24.7 Å². The Labute approximate surface area is 143 Å². The van der Waals surface area contributed by atoms with E-state index in [-0.39, 0.29) is 11.9 Å². The van der Waals surface area contributed by atoms with Crippen LogP contribution in [0.3, 0.4) is 0 Å². The first-order valence-corrected chi connectivity index (χ1v) is 8.85. The van der Waals surface area contributed by atoms with Gasteiger partial charge in [0, 0.05) is 19.1 Å². The van der Waals surface area contributed by atoms with E-state index in [2.05, 4.69) is 20.6 Å². The van der Waals surface area contributed by atoms with Crippen molar-refractivity contribution < 1.29 is 4.79 Å². The monoisotopic (exact) mass is 342 g/mol. The van der Waals surface area contributed by atoms with Crippen molar-refractivity contribution in [1.29, 1.82) is 0 Å². The zero-order valence-electron chi connectivity index (χ0n) is 13.3. The lowest BCUT2D eigenvalue weighted by molar-refractivity contribution is 0.0720. The van der Waals surface area contributed by atoms with Gasteiger partial charge >= 0.3 is 0 Å². The van der Waals surface area contributed by atoms with E-state index < -0.39 is 0 Å². The summed E-state index contributed by atoms with van der Waals surface area (Å²) >= 11 is 1.49. The molecule has 8 heteroatoms. The first-order valence-electron chi connectivity index (χ1n) is 7.98. The second kappa shape index (κ2) is 6.20. The van der Waals surface area contributed by atoms with E-state index in [1.807, 2.05) is 35.4 Å². The normalized spacial score (nSPS) is 18.0. The maximum Gasteiger partial charge on any atom is 0.263 e. The summed E-state index contributed by atoms with van der Waals surface area (Å²) < 4.78 is 1.68. The fourth-order valence-electron chi connectivity index (χ4n) is 3.11. The van der Waals surface area contributed by atoms with Crippen LogP contribution >= 0.6 is 11.3 Å². The van der Waals surface area contributed by atoms with Crippen LogP contribution in [0.1, 0.15) is 28.2 Å². The van der Waals surface area contributed by atoms with Crippen LogP contribution in [-0.2, 0) is 0 Å². The number of fused-ring (bicyclic) bond motifs is 1. The third-order valence-corrected chi connectivity index (χ3v) is 5.05. The number of hydrogen-bond donors (Lipinski definition) is 1. The number of carbonyl (C=O) groups excluding carboxylic acids is 1. The Kier molecular flexibility index (Phi) is 3.89. The van der Waals surface area contributed by atoms with Gasteiger partial charge in [-0.05, 0) is 37.3 Å². The highest BCUT2D eigenvalue weighted by Gasteiger charge is 2.25. The van der Waals surface area contributed by atoms with Gasteiger partial charge < -0.3 is 10.2 Å². The number of likely N-dealkylation sites (tertiary alicyclic amines) is 1. The molecule has 4 rings (SSSR count). The van der Waals surface area contributed by atoms with Crippen molar-refractivity contribution in [3.8, 4) is 0 Å². The van der Waals surface area contributed by atoms with E-state index in [9.17, 15) is 4.79 Å². The summed E-state index contributed by atoms with van der Waals surface area (Å²) in [4.78, 5) is 15.3. The number of thiophene rings is 1. The van der Waals surface area contributed by atoms with Gasteiger partial charge in [-0.1, -0.05) is 6.07 Å². The fraction of sp³-hybridized carbons (Fsp3) is 0.375. The largest absolute Gasteiger partial charge is 0.377 e. The second-order valence-electron chi connectivity index (χ2n) is 6.01. The minimum absolute atomic E-state index is 0.120. The van der Waals surface area contributed by atoms with Crippen LogP contribution in [0.25, 0.3) is 5.65 Å². The molecular weight excluding hydrogens is 324 g/mol. The van der Waals surface area contributed by atoms with E-state index >= 15 is 0 Å². The molecule has 0 bridgehead atoms. The Hall–Kier alpha value is -2.48. The highest BCUT2D eigenvalue weighted by atomic mass is 32.1. The minimum atomic E-state index is 0.120. The molecule has 1 amide bonds. The van der Waals surface area contributed by atoms with E-state index in [4.69, 9.17) is 0 Å². The number of amides is 1. The Morgan fingerprint density at radius 2 is 2.38 bits per heavy atom. The van der Waals surface area contributed by atoms with E-state index in [1.54, 1.807) is 10.8 Å². The van der Waals surface area contributed by atoms with Gasteiger partial charge in [-0.25, -0.2) is 0 Å². The van der Waals surface area contributed by atoms with Crippen molar-refractivity contribution in [3.63, 3.8) is 0 Å². The zero-order chi connectivity index (χ0) is 16.5. The SMILES string of the molecule is Cc1cc(NC2CCCN(C(=O)c3cccs3)C2)c2nncn2n1. The van der Waals surface area contributed by atoms with Crippen molar-refractivity contribution in [2.24, 2.45) is 0 Å². The predicted octanol–water partition coefficient (Wildman–Crippen LogP) is 2.21. The number of nitrogens with zero attached hydrogens (tertiary/aromatic N) is 5. The van der Waals surface area contributed by atoms with E-state index in [1.165, 1.54) is 11.3 Å². The van der Waals surface area contributed by atoms with Crippen molar-refractivity contribution in [3.05, 3.63) is 40.5 Å². The number of anilines is 1. The van der Waals surface area contributed by atoms with Gasteiger partial charge in [0.05, 0.1) is 16.3 Å². The average Bonchev–Trinajstić information content (AvgIpc) is 3.25. The van der Waals surface area contributed by atoms with Gasteiger partial charge in [0.25, 0.3) is 5.91 Å². The molecule has 24 heavy (non-hydrogen) atoms. The lowest BCUT2D eigenvalue weighted by Gasteiger charge is -2.33. The molecule has 0 radical (unpaired) electrons. The molecule has 1 aliphatic heterocycles. The standard InChI is InChI=1S/C16H18N6OS/c1-11-8-13(15-19-17-10-22(15)20-11)18-12-4-2-6-21(9-12)16(23)14-5-3-7-24-14/h3,5,7-8,10,12,18H,2,4,6,9H2,1H3. The number of aromatic nitrogens is 4. The number of nitrogens with one attached hydrogen (secondary N) is 1. The first kappa shape index (κ1) is 15.1. The van der Waals surface area contributed by atoms with Crippen LogP contribution in [0.2, 0.25) is 0 Å². The third-order valence-electron chi connectivity index (χ3n) is 4.19. The molecule has 3 aromatic heterocycles. The molecule has 1 unspecified atom stereocenters. The van der Waals surface area contributed by atoms with Crippen LogP contribution in [0.15, 0.2) is 29.9 Å². The van der Waals surface area contributed by atoms with E-state index in [0.29, 0.717) is 12.2 Å². The lowest BCUT2D eigenvalue weighted by Crippen LogP contribution is -2.45. The Morgan fingerprint density at radius 3 is 3.21 bits per heavy atom. The van der Waals surface area contributed by atoms with Gasteiger partial charge in [0.1, 0.15) is 6.33 Å². The first-order chi connectivity index (χ1) is 11.7. The van der Waals surface area contributed by atoms with Gasteiger partial charge in [-0.15, -0.1) is 21.5 Å². The summed E-state index contributed by atoms with van der Waals surface area (Å²) in [5, 5.41) is 17.9. The third kappa shape index (κ3) is 2.84. The highest BCUT2D eigenvalue weighted by Crippen LogP contribution is 2.21. The Bertz CT molecular complexity index is 859. The molecule has 0 saturated carbocycles. The molecule has 1 aliphatic rings. The average molecular weight is 342 g/mol. The Balaban J connectivity index is 1.52. The predicted molar refractivity (Wildman–Crippen MR) is 92.4 cm³/mol. The fourth-order valence-corrected chi connectivity index (χ4v) is 3.81. The number of rotatable bonds is 3. The topological polar surface area (TPSA) is 75.4 Å². The molecule has 1 saturated heterocycles. The second-order valence-corrected chi connectivity index (χ2v) is 6.96. The van der Waals surface area contributed by atoms with E-state index in [0.717, 1.165) is 35.6 Å².